The Bertz CT molecular complexity index is 609. The Kier molecular flexibility index (Phi) is 4.90. The summed E-state index contributed by atoms with van der Waals surface area (Å²) in [6.07, 6.45) is -4.33. The number of benzene rings is 1. The maximum Gasteiger partial charge on any atom is 0.673 e. The zero-order chi connectivity index (χ0) is 16.4. The molecule has 0 saturated heterocycles. The van der Waals surface area contributed by atoms with E-state index < -0.39 is 19.3 Å². The molecule has 0 aliphatic carbocycles. The SMILES string of the molecule is CCn1c(C(F)(F)F)[n+](C)c2ccccc21.F[B-](F)(F)F. The summed E-state index contributed by atoms with van der Waals surface area (Å²) in [4.78, 5) is 0. The highest BCUT2D eigenvalue weighted by atomic mass is 19.5. The molecule has 2 nitrogen and oxygen atoms in total. The van der Waals surface area contributed by atoms with E-state index in [0.717, 1.165) is 0 Å². The Morgan fingerprint density at radius 3 is 2.00 bits per heavy atom. The minimum atomic E-state index is -6.00. The van der Waals surface area contributed by atoms with Crippen LogP contribution in [-0.2, 0) is 19.8 Å². The lowest BCUT2D eigenvalue weighted by molar-refractivity contribution is -0.667. The van der Waals surface area contributed by atoms with Crippen molar-refractivity contribution in [2.45, 2.75) is 19.6 Å². The Hall–Kier alpha value is -1.74. The maximum absolute atomic E-state index is 12.9. The minimum Gasteiger partial charge on any atom is -0.418 e. The van der Waals surface area contributed by atoms with E-state index in [1.165, 1.54) is 16.2 Å². The Labute approximate surface area is 115 Å². The van der Waals surface area contributed by atoms with E-state index in [1.54, 1.807) is 31.2 Å². The van der Waals surface area contributed by atoms with Crippen LogP contribution in [0.3, 0.4) is 0 Å². The molecule has 0 bridgehead atoms. The first-order chi connectivity index (χ1) is 9.46. The maximum atomic E-state index is 12.9. The van der Waals surface area contributed by atoms with Crippen LogP contribution in [0.2, 0.25) is 0 Å². The number of aromatic nitrogens is 2. The van der Waals surface area contributed by atoms with Gasteiger partial charge in [-0.1, -0.05) is 12.1 Å². The molecule has 10 heteroatoms. The van der Waals surface area contributed by atoms with Crippen molar-refractivity contribution < 1.29 is 35.0 Å². The van der Waals surface area contributed by atoms with Crippen molar-refractivity contribution in [2.24, 2.45) is 7.05 Å². The summed E-state index contributed by atoms with van der Waals surface area (Å²) in [6, 6.07) is 6.88. The molecule has 1 aromatic carbocycles. The van der Waals surface area contributed by atoms with Crippen molar-refractivity contribution in [1.29, 1.82) is 0 Å². The second-order valence-electron chi connectivity index (χ2n) is 4.11. The first-order valence-electron chi connectivity index (χ1n) is 5.88. The fourth-order valence-corrected chi connectivity index (χ4v) is 2.05. The van der Waals surface area contributed by atoms with Crippen molar-refractivity contribution >= 4 is 18.3 Å². The Morgan fingerprint density at radius 2 is 1.57 bits per heavy atom. The molecule has 1 heterocycles. The number of fused-ring (bicyclic) bond motifs is 1. The van der Waals surface area contributed by atoms with Crippen LogP contribution >= 0.6 is 0 Å². The van der Waals surface area contributed by atoms with Crippen LogP contribution < -0.4 is 4.57 Å². The fraction of sp³-hybridized carbons (Fsp3) is 0.364. The van der Waals surface area contributed by atoms with Gasteiger partial charge in [0.1, 0.15) is 0 Å². The Balaban J connectivity index is 0.000000383. The molecule has 2 rings (SSSR count). The highest BCUT2D eigenvalue weighted by Crippen LogP contribution is 2.29. The van der Waals surface area contributed by atoms with Gasteiger partial charge >= 0.3 is 19.3 Å². The molecule has 118 valence electrons. The lowest BCUT2D eigenvalue weighted by atomic mass is 10.3. The molecule has 0 aliphatic rings. The van der Waals surface area contributed by atoms with Gasteiger partial charge in [-0.15, -0.1) is 0 Å². The van der Waals surface area contributed by atoms with E-state index in [4.69, 9.17) is 0 Å². The van der Waals surface area contributed by atoms with Crippen LogP contribution in [0.15, 0.2) is 24.3 Å². The van der Waals surface area contributed by atoms with Gasteiger partial charge < -0.3 is 17.3 Å². The van der Waals surface area contributed by atoms with Crippen molar-refractivity contribution in [3.63, 3.8) is 0 Å². The van der Waals surface area contributed by atoms with Crippen molar-refractivity contribution in [3.8, 4) is 0 Å². The molecule has 0 radical (unpaired) electrons. The average molecular weight is 316 g/mol. The highest BCUT2D eigenvalue weighted by molar-refractivity contribution is 6.50. The molecule has 2 aromatic rings. The fourth-order valence-electron chi connectivity index (χ4n) is 2.05. The van der Waals surface area contributed by atoms with Gasteiger partial charge in [0.15, 0.2) is 11.0 Å². The molecule has 1 aromatic heterocycles. The third-order valence-corrected chi connectivity index (χ3v) is 2.68. The quantitative estimate of drug-likeness (QED) is 0.430. The summed E-state index contributed by atoms with van der Waals surface area (Å²) < 4.78 is 80.2. The predicted octanol–water partition coefficient (Wildman–Crippen LogP) is 3.80. The lowest BCUT2D eigenvalue weighted by Crippen LogP contribution is -2.38. The summed E-state index contributed by atoms with van der Waals surface area (Å²) in [5, 5.41) is 0. The van der Waals surface area contributed by atoms with Gasteiger partial charge in [-0.3, -0.25) is 0 Å². The first-order valence-corrected chi connectivity index (χ1v) is 5.88. The average Bonchev–Trinajstić information content (AvgIpc) is 2.60. The van der Waals surface area contributed by atoms with Crippen molar-refractivity contribution in [2.75, 3.05) is 0 Å². The van der Waals surface area contributed by atoms with E-state index >= 15 is 0 Å². The molecule has 21 heavy (non-hydrogen) atoms. The summed E-state index contributed by atoms with van der Waals surface area (Å²) in [7, 11) is -4.56. The molecule has 0 unspecified atom stereocenters. The predicted molar refractivity (Wildman–Crippen MR) is 64.0 cm³/mol. The first kappa shape index (κ1) is 17.3. The molecule has 0 atom stereocenters. The topological polar surface area (TPSA) is 8.81 Å². The third kappa shape index (κ3) is 4.37. The van der Waals surface area contributed by atoms with Crippen LogP contribution in [0.25, 0.3) is 11.0 Å². The van der Waals surface area contributed by atoms with Crippen molar-refractivity contribution in [1.82, 2.24) is 4.57 Å². The number of alkyl halides is 3. The zero-order valence-corrected chi connectivity index (χ0v) is 11.1. The normalized spacial score (nSPS) is 12.2. The second kappa shape index (κ2) is 5.94. The minimum absolute atomic E-state index is 0.302. The van der Waals surface area contributed by atoms with Crippen molar-refractivity contribution in [3.05, 3.63) is 30.1 Å². The Morgan fingerprint density at radius 1 is 1.10 bits per heavy atom. The molecule has 0 fully saturated rings. The number of halogens is 7. The summed E-state index contributed by atoms with van der Waals surface area (Å²) >= 11 is 0. The molecular formula is C11H12BF7N2. The van der Waals surface area contributed by atoms with Crippen LogP contribution in [0.1, 0.15) is 12.7 Å². The van der Waals surface area contributed by atoms with E-state index in [9.17, 15) is 30.4 Å². The second-order valence-corrected chi connectivity index (χ2v) is 4.11. The highest BCUT2D eigenvalue weighted by Gasteiger charge is 2.45. The molecule has 0 amide bonds. The number of imidazole rings is 1. The van der Waals surface area contributed by atoms with Gasteiger partial charge in [0.2, 0.25) is 0 Å². The van der Waals surface area contributed by atoms with Gasteiger partial charge in [-0.2, -0.15) is 13.2 Å². The molecule has 0 saturated carbocycles. The van der Waals surface area contributed by atoms with Crippen LogP contribution in [0, 0.1) is 0 Å². The number of para-hydroxylation sites is 2. The van der Waals surface area contributed by atoms with Crippen LogP contribution in [-0.4, -0.2) is 11.8 Å². The standard InChI is InChI=1S/C11H12F3N2.BF4/c1-3-16-9-7-5-4-6-8(9)15(2)10(16)11(12,13)14;2-1(3,4)5/h4-7H,3H2,1-2H3;/q+1;-1. The number of aryl methyl sites for hydroxylation is 2. The van der Waals surface area contributed by atoms with Gasteiger partial charge in [0.05, 0.1) is 13.6 Å². The smallest absolute Gasteiger partial charge is 0.418 e. The zero-order valence-electron chi connectivity index (χ0n) is 11.1. The molecule has 0 spiro atoms. The van der Waals surface area contributed by atoms with E-state index in [2.05, 4.69) is 0 Å². The molecule has 0 aliphatic heterocycles. The largest absolute Gasteiger partial charge is 0.673 e. The third-order valence-electron chi connectivity index (χ3n) is 2.68. The summed E-state index contributed by atoms with van der Waals surface area (Å²) in [6.45, 7) is 2.01. The molecule has 0 N–H and O–H groups in total. The summed E-state index contributed by atoms with van der Waals surface area (Å²) in [5.74, 6) is -0.615. The van der Waals surface area contributed by atoms with E-state index in [1.807, 2.05) is 0 Å². The van der Waals surface area contributed by atoms with E-state index in [0.29, 0.717) is 17.6 Å². The van der Waals surface area contributed by atoms with Gasteiger partial charge in [0, 0.05) is 0 Å². The van der Waals surface area contributed by atoms with Gasteiger partial charge in [0.25, 0.3) is 0 Å². The summed E-state index contributed by atoms with van der Waals surface area (Å²) in [5.41, 5.74) is 1.21. The number of nitrogens with zero attached hydrogens (tertiary/aromatic N) is 2. The molecular weight excluding hydrogens is 304 g/mol. The van der Waals surface area contributed by atoms with Gasteiger partial charge in [-0.05, 0) is 19.1 Å². The number of hydrogen-bond donors (Lipinski definition) is 0. The number of rotatable bonds is 1. The van der Waals surface area contributed by atoms with Crippen LogP contribution in [0.5, 0.6) is 0 Å². The van der Waals surface area contributed by atoms with Gasteiger partial charge in [-0.25, -0.2) is 9.13 Å². The van der Waals surface area contributed by atoms with E-state index in [-0.39, 0.29) is 0 Å². The lowest BCUT2D eigenvalue weighted by Gasteiger charge is -2.03. The number of hydrogen-bond acceptors (Lipinski definition) is 0. The monoisotopic (exact) mass is 316 g/mol. The van der Waals surface area contributed by atoms with Crippen LogP contribution in [0.4, 0.5) is 30.4 Å².